The fraction of sp³-hybridized carbons (Fsp3) is 0.333. The highest BCUT2D eigenvalue weighted by atomic mass is 32.2. The van der Waals surface area contributed by atoms with Gasteiger partial charge in [0.25, 0.3) is 0 Å². The second-order valence-corrected chi connectivity index (χ2v) is 10.3. The minimum atomic E-state index is -3.52. The zero-order valence-corrected chi connectivity index (χ0v) is 19.8. The molecule has 0 atom stereocenters. The second kappa shape index (κ2) is 8.88. The first kappa shape index (κ1) is 22.2. The monoisotopic (exact) mass is 451 g/mol. The molecule has 0 unspecified atom stereocenters. The van der Waals surface area contributed by atoms with Crippen LogP contribution in [0.4, 0.5) is 17.5 Å². The molecule has 2 aromatic carbocycles. The van der Waals surface area contributed by atoms with Crippen LogP contribution < -0.4 is 10.2 Å². The standard InChI is InChI=1S/C24H29N5O2S/c1-17-5-8-21(9-6-17)26-23-16-20(4)25-24(27-23)28-11-13-29(14-12-28)32(30,31)22-10-7-18(2)15-19(22)3/h5-10,15-16H,11-14H2,1-4H3,(H,25,26,27). The van der Waals surface area contributed by atoms with E-state index in [9.17, 15) is 8.42 Å². The Morgan fingerprint density at radius 3 is 2.12 bits per heavy atom. The molecular weight excluding hydrogens is 422 g/mol. The fourth-order valence-corrected chi connectivity index (χ4v) is 5.53. The van der Waals surface area contributed by atoms with Crippen LogP contribution in [0.1, 0.15) is 22.4 Å². The Bertz CT molecular complexity index is 1220. The summed E-state index contributed by atoms with van der Waals surface area (Å²) >= 11 is 0. The van der Waals surface area contributed by atoms with Gasteiger partial charge in [0, 0.05) is 43.6 Å². The highest BCUT2D eigenvalue weighted by molar-refractivity contribution is 7.89. The molecule has 0 amide bonds. The number of benzene rings is 2. The van der Waals surface area contributed by atoms with Crippen LogP contribution in [0.15, 0.2) is 53.4 Å². The van der Waals surface area contributed by atoms with Crippen molar-refractivity contribution in [1.82, 2.24) is 14.3 Å². The maximum Gasteiger partial charge on any atom is 0.243 e. The van der Waals surface area contributed by atoms with Gasteiger partial charge in [-0.25, -0.2) is 13.4 Å². The smallest absolute Gasteiger partial charge is 0.243 e. The van der Waals surface area contributed by atoms with Crippen LogP contribution in [0.3, 0.4) is 0 Å². The van der Waals surface area contributed by atoms with Crippen LogP contribution in [-0.4, -0.2) is 48.9 Å². The van der Waals surface area contributed by atoms with Crippen molar-refractivity contribution < 1.29 is 8.42 Å². The molecule has 7 nitrogen and oxygen atoms in total. The number of aryl methyl sites for hydroxylation is 4. The van der Waals surface area contributed by atoms with Crippen molar-refractivity contribution in [2.45, 2.75) is 32.6 Å². The number of sulfonamides is 1. The van der Waals surface area contributed by atoms with Crippen molar-refractivity contribution in [3.05, 3.63) is 70.9 Å². The molecule has 1 aromatic heterocycles. The molecule has 1 aliphatic heterocycles. The quantitative estimate of drug-likeness (QED) is 0.633. The molecule has 168 valence electrons. The molecule has 0 spiro atoms. The van der Waals surface area contributed by atoms with Gasteiger partial charge in [0.2, 0.25) is 16.0 Å². The lowest BCUT2D eigenvalue weighted by Crippen LogP contribution is -2.49. The van der Waals surface area contributed by atoms with Crippen LogP contribution in [0.25, 0.3) is 0 Å². The fourth-order valence-electron chi connectivity index (χ4n) is 3.90. The molecule has 0 radical (unpaired) electrons. The molecule has 1 N–H and O–H groups in total. The number of aromatic nitrogens is 2. The third-order valence-corrected chi connectivity index (χ3v) is 7.69. The summed E-state index contributed by atoms with van der Waals surface area (Å²) in [5, 5.41) is 3.33. The summed E-state index contributed by atoms with van der Waals surface area (Å²) in [7, 11) is -3.52. The summed E-state index contributed by atoms with van der Waals surface area (Å²) in [4.78, 5) is 11.7. The average Bonchev–Trinajstić information content (AvgIpc) is 2.75. The van der Waals surface area contributed by atoms with E-state index in [1.165, 1.54) is 5.56 Å². The zero-order valence-electron chi connectivity index (χ0n) is 19.0. The second-order valence-electron chi connectivity index (χ2n) is 8.35. The minimum Gasteiger partial charge on any atom is -0.340 e. The van der Waals surface area contributed by atoms with E-state index < -0.39 is 10.0 Å². The minimum absolute atomic E-state index is 0.382. The summed E-state index contributed by atoms with van der Waals surface area (Å²) < 4.78 is 27.9. The predicted octanol–water partition coefficient (Wildman–Crippen LogP) is 3.96. The maximum absolute atomic E-state index is 13.2. The first-order chi connectivity index (χ1) is 15.2. The Balaban J connectivity index is 1.48. The van der Waals surface area contributed by atoms with Gasteiger partial charge in [-0.05, 0) is 51.5 Å². The molecule has 0 aliphatic carbocycles. The number of hydrogen-bond donors (Lipinski definition) is 1. The van der Waals surface area contributed by atoms with Crippen molar-refractivity contribution in [1.29, 1.82) is 0 Å². The van der Waals surface area contributed by atoms with E-state index in [1.807, 2.05) is 68.1 Å². The SMILES string of the molecule is Cc1ccc(Nc2cc(C)nc(N3CCN(S(=O)(=O)c4ccc(C)cc4C)CC3)n2)cc1. The van der Waals surface area contributed by atoms with Crippen molar-refractivity contribution in [3.8, 4) is 0 Å². The molecule has 1 aliphatic rings. The van der Waals surface area contributed by atoms with Crippen LogP contribution in [-0.2, 0) is 10.0 Å². The molecule has 4 rings (SSSR count). The summed E-state index contributed by atoms with van der Waals surface area (Å²) in [6.07, 6.45) is 0. The molecule has 1 saturated heterocycles. The highest BCUT2D eigenvalue weighted by Crippen LogP contribution is 2.24. The zero-order chi connectivity index (χ0) is 22.9. The van der Waals surface area contributed by atoms with E-state index in [4.69, 9.17) is 0 Å². The number of nitrogens with zero attached hydrogens (tertiary/aromatic N) is 4. The Morgan fingerprint density at radius 2 is 1.47 bits per heavy atom. The lowest BCUT2D eigenvalue weighted by Gasteiger charge is -2.34. The molecular formula is C24H29N5O2S. The van der Waals surface area contributed by atoms with Gasteiger partial charge >= 0.3 is 0 Å². The summed E-state index contributed by atoms with van der Waals surface area (Å²) in [6, 6.07) is 15.5. The van der Waals surface area contributed by atoms with Gasteiger partial charge < -0.3 is 10.2 Å². The molecule has 3 aromatic rings. The highest BCUT2D eigenvalue weighted by Gasteiger charge is 2.30. The molecule has 0 saturated carbocycles. The van der Waals surface area contributed by atoms with E-state index in [-0.39, 0.29) is 0 Å². The first-order valence-electron chi connectivity index (χ1n) is 10.7. The van der Waals surface area contributed by atoms with Gasteiger partial charge in [0.15, 0.2) is 0 Å². The Kier molecular flexibility index (Phi) is 6.17. The van der Waals surface area contributed by atoms with Crippen molar-refractivity contribution in [2.75, 3.05) is 36.4 Å². The van der Waals surface area contributed by atoms with E-state index in [1.54, 1.807) is 10.4 Å². The van der Waals surface area contributed by atoms with Gasteiger partial charge in [-0.2, -0.15) is 9.29 Å². The number of piperazine rings is 1. The van der Waals surface area contributed by atoms with E-state index in [0.29, 0.717) is 37.0 Å². The van der Waals surface area contributed by atoms with E-state index >= 15 is 0 Å². The Labute approximate surface area is 190 Å². The Hall–Kier alpha value is -2.97. The van der Waals surface area contributed by atoms with Crippen molar-refractivity contribution >= 4 is 27.5 Å². The summed E-state index contributed by atoms with van der Waals surface area (Å²) in [6.45, 7) is 9.67. The van der Waals surface area contributed by atoms with Crippen LogP contribution >= 0.6 is 0 Å². The Morgan fingerprint density at radius 1 is 0.812 bits per heavy atom. The van der Waals surface area contributed by atoms with Crippen molar-refractivity contribution in [3.63, 3.8) is 0 Å². The van der Waals surface area contributed by atoms with Gasteiger partial charge in [-0.1, -0.05) is 35.4 Å². The van der Waals surface area contributed by atoms with Crippen molar-refractivity contribution in [2.24, 2.45) is 0 Å². The lowest BCUT2D eigenvalue weighted by atomic mass is 10.2. The third kappa shape index (κ3) is 4.76. The largest absolute Gasteiger partial charge is 0.340 e. The van der Waals surface area contributed by atoms with E-state index in [2.05, 4.69) is 22.2 Å². The normalized spacial score (nSPS) is 15.1. The maximum atomic E-state index is 13.2. The number of anilines is 3. The topological polar surface area (TPSA) is 78.4 Å². The predicted molar refractivity (Wildman–Crippen MR) is 128 cm³/mol. The molecule has 0 bridgehead atoms. The molecule has 8 heteroatoms. The van der Waals surface area contributed by atoms with Crippen LogP contribution in [0.5, 0.6) is 0 Å². The lowest BCUT2D eigenvalue weighted by molar-refractivity contribution is 0.382. The van der Waals surface area contributed by atoms with Crippen LogP contribution in [0, 0.1) is 27.7 Å². The molecule has 2 heterocycles. The van der Waals surface area contributed by atoms with Gasteiger partial charge in [0.1, 0.15) is 5.82 Å². The molecule has 32 heavy (non-hydrogen) atoms. The van der Waals surface area contributed by atoms with Gasteiger partial charge in [0.05, 0.1) is 4.90 Å². The third-order valence-electron chi connectivity index (χ3n) is 5.64. The van der Waals surface area contributed by atoms with Gasteiger partial charge in [-0.15, -0.1) is 0 Å². The average molecular weight is 452 g/mol. The van der Waals surface area contributed by atoms with Crippen LogP contribution in [0.2, 0.25) is 0 Å². The summed E-state index contributed by atoms with van der Waals surface area (Å²) in [5.74, 6) is 1.34. The number of rotatable bonds is 5. The summed E-state index contributed by atoms with van der Waals surface area (Å²) in [5.41, 5.74) is 4.85. The van der Waals surface area contributed by atoms with E-state index in [0.717, 1.165) is 28.3 Å². The van der Waals surface area contributed by atoms with Gasteiger partial charge in [-0.3, -0.25) is 0 Å². The molecule has 1 fully saturated rings. The number of hydrogen-bond acceptors (Lipinski definition) is 6. The first-order valence-corrected chi connectivity index (χ1v) is 12.2. The number of nitrogens with one attached hydrogen (secondary N) is 1.